The van der Waals surface area contributed by atoms with E-state index in [1.807, 2.05) is 66.7 Å². The van der Waals surface area contributed by atoms with Crippen LogP contribution in [0.3, 0.4) is 0 Å². The van der Waals surface area contributed by atoms with Crippen LogP contribution in [0, 0.1) is 0 Å². The maximum absolute atomic E-state index is 13.0. The van der Waals surface area contributed by atoms with E-state index in [9.17, 15) is 4.21 Å². The van der Waals surface area contributed by atoms with Crippen LogP contribution >= 0.6 is 11.8 Å². The average Bonchev–Trinajstić information content (AvgIpc) is 2.67. The van der Waals surface area contributed by atoms with Gasteiger partial charge in [0, 0.05) is 14.7 Å². The Morgan fingerprint density at radius 1 is 0.880 bits per heavy atom. The van der Waals surface area contributed by atoms with E-state index in [4.69, 9.17) is 4.74 Å². The van der Waals surface area contributed by atoms with Crippen molar-refractivity contribution in [2.24, 2.45) is 0 Å². The molecule has 4 heteroatoms. The molecule has 0 fully saturated rings. The monoisotopic (exact) mass is 368 g/mol. The van der Waals surface area contributed by atoms with Crippen molar-refractivity contribution in [3.63, 3.8) is 0 Å². The van der Waals surface area contributed by atoms with Crippen molar-refractivity contribution >= 4 is 22.6 Å². The lowest BCUT2D eigenvalue weighted by molar-refractivity contribution is 0.317. The Labute approximate surface area is 155 Å². The predicted octanol–water partition coefficient (Wildman–Crippen LogP) is 5.79. The SMILES string of the molecule is CCCOc1ccc(S(=O)c2ccccc2Sc2ccccc2)cc1. The first-order valence-corrected chi connectivity index (χ1v) is 10.2. The minimum atomic E-state index is -1.22. The third kappa shape index (κ3) is 4.74. The van der Waals surface area contributed by atoms with Crippen molar-refractivity contribution in [2.75, 3.05) is 6.61 Å². The third-order valence-electron chi connectivity index (χ3n) is 3.53. The van der Waals surface area contributed by atoms with E-state index in [1.54, 1.807) is 11.8 Å². The van der Waals surface area contributed by atoms with Crippen molar-refractivity contribution in [3.05, 3.63) is 78.9 Å². The van der Waals surface area contributed by atoms with Crippen LogP contribution in [0.15, 0.2) is 98.4 Å². The topological polar surface area (TPSA) is 26.3 Å². The molecule has 0 aromatic heterocycles. The summed E-state index contributed by atoms with van der Waals surface area (Å²) in [5.74, 6) is 0.814. The van der Waals surface area contributed by atoms with E-state index in [0.717, 1.165) is 31.8 Å². The molecule has 0 saturated heterocycles. The molecule has 0 saturated carbocycles. The molecule has 0 spiro atoms. The molecule has 3 aromatic carbocycles. The van der Waals surface area contributed by atoms with Gasteiger partial charge in [0.2, 0.25) is 0 Å². The van der Waals surface area contributed by atoms with Crippen molar-refractivity contribution < 1.29 is 8.95 Å². The first-order valence-electron chi connectivity index (χ1n) is 8.24. The lowest BCUT2D eigenvalue weighted by Crippen LogP contribution is -1.97. The fraction of sp³-hybridized carbons (Fsp3) is 0.143. The molecule has 0 aliphatic rings. The Morgan fingerprint density at radius 3 is 2.28 bits per heavy atom. The van der Waals surface area contributed by atoms with E-state index >= 15 is 0 Å². The Hall–Kier alpha value is -2.04. The van der Waals surface area contributed by atoms with Gasteiger partial charge in [-0.15, -0.1) is 0 Å². The first kappa shape index (κ1) is 17.8. The van der Waals surface area contributed by atoms with Crippen LogP contribution in [0.4, 0.5) is 0 Å². The van der Waals surface area contributed by atoms with E-state index in [2.05, 4.69) is 19.1 Å². The summed E-state index contributed by atoms with van der Waals surface area (Å²) in [6, 6.07) is 25.5. The van der Waals surface area contributed by atoms with Crippen molar-refractivity contribution in [3.8, 4) is 5.75 Å². The maximum atomic E-state index is 13.0. The summed E-state index contributed by atoms with van der Waals surface area (Å²) < 4.78 is 18.6. The number of hydrogen-bond donors (Lipinski definition) is 0. The molecule has 3 rings (SSSR count). The number of hydrogen-bond acceptors (Lipinski definition) is 3. The summed E-state index contributed by atoms with van der Waals surface area (Å²) in [7, 11) is -1.22. The zero-order valence-corrected chi connectivity index (χ0v) is 15.7. The van der Waals surface area contributed by atoms with Gasteiger partial charge in [0.1, 0.15) is 5.75 Å². The summed E-state index contributed by atoms with van der Waals surface area (Å²) in [4.78, 5) is 3.76. The Balaban J connectivity index is 1.82. The van der Waals surface area contributed by atoms with Gasteiger partial charge in [-0.3, -0.25) is 0 Å². The largest absolute Gasteiger partial charge is 0.494 e. The van der Waals surface area contributed by atoms with Crippen LogP contribution in [0.5, 0.6) is 5.75 Å². The highest BCUT2D eigenvalue weighted by atomic mass is 32.2. The zero-order valence-electron chi connectivity index (χ0n) is 14.1. The Morgan fingerprint density at radius 2 is 1.56 bits per heavy atom. The van der Waals surface area contributed by atoms with Crippen molar-refractivity contribution in [1.29, 1.82) is 0 Å². The predicted molar refractivity (Wildman–Crippen MR) is 104 cm³/mol. The Bertz CT molecular complexity index is 830. The molecule has 1 unspecified atom stereocenters. The van der Waals surface area contributed by atoms with Gasteiger partial charge in [0.25, 0.3) is 0 Å². The van der Waals surface area contributed by atoms with Crippen LogP contribution < -0.4 is 4.74 Å². The number of benzene rings is 3. The van der Waals surface area contributed by atoms with Crippen LogP contribution in [0.25, 0.3) is 0 Å². The van der Waals surface area contributed by atoms with E-state index in [0.29, 0.717) is 6.61 Å². The first-order chi connectivity index (χ1) is 12.3. The molecule has 0 radical (unpaired) electrons. The second-order valence-corrected chi connectivity index (χ2v) is 8.01. The fourth-order valence-corrected chi connectivity index (χ4v) is 4.61. The second-order valence-electron chi connectivity index (χ2n) is 5.45. The highest BCUT2D eigenvalue weighted by Gasteiger charge is 2.13. The van der Waals surface area contributed by atoms with Gasteiger partial charge in [-0.25, -0.2) is 4.21 Å². The standard InChI is InChI=1S/C21H20O2S2/c1-2-16-23-17-12-14-19(15-13-17)25(22)21-11-7-6-10-20(21)24-18-8-4-3-5-9-18/h3-15H,2,16H2,1H3. The molecule has 0 aliphatic carbocycles. The van der Waals surface area contributed by atoms with Crippen LogP contribution in [0.2, 0.25) is 0 Å². The fourth-order valence-electron chi connectivity index (χ4n) is 2.31. The highest BCUT2D eigenvalue weighted by Crippen LogP contribution is 2.33. The number of ether oxygens (including phenoxy) is 1. The van der Waals surface area contributed by atoms with Gasteiger partial charge in [0.05, 0.1) is 22.3 Å². The Kier molecular flexibility index (Phi) is 6.31. The molecule has 0 aliphatic heterocycles. The van der Waals surface area contributed by atoms with Crippen LogP contribution in [0.1, 0.15) is 13.3 Å². The number of rotatable bonds is 7. The quantitative estimate of drug-likeness (QED) is 0.528. The van der Waals surface area contributed by atoms with Gasteiger partial charge in [0.15, 0.2) is 0 Å². The molecular weight excluding hydrogens is 348 g/mol. The summed E-state index contributed by atoms with van der Waals surface area (Å²) in [5.41, 5.74) is 0. The van der Waals surface area contributed by atoms with Crippen molar-refractivity contribution in [2.45, 2.75) is 32.9 Å². The lowest BCUT2D eigenvalue weighted by atomic mass is 10.3. The summed E-state index contributed by atoms with van der Waals surface area (Å²) >= 11 is 1.63. The van der Waals surface area contributed by atoms with Gasteiger partial charge in [-0.05, 0) is 55.0 Å². The summed E-state index contributed by atoms with van der Waals surface area (Å²) in [6.07, 6.45) is 0.970. The zero-order chi connectivity index (χ0) is 17.5. The minimum absolute atomic E-state index is 0.693. The summed E-state index contributed by atoms with van der Waals surface area (Å²) in [6.45, 7) is 2.77. The summed E-state index contributed by atoms with van der Waals surface area (Å²) in [5, 5.41) is 0. The molecule has 25 heavy (non-hydrogen) atoms. The molecule has 2 nitrogen and oxygen atoms in total. The lowest BCUT2D eigenvalue weighted by Gasteiger charge is -2.10. The second kappa shape index (κ2) is 8.88. The highest BCUT2D eigenvalue weighted by molar-refractivity contribution is 8.00. The minimum Gasteiger partial charge on any atom is -0.494 e. The molecule has 0 amide bonds. The van der Waals surface area contributed by atoms with E-state index in [-0.39, 0.29) is 0 Å². The molecule has 0 heterocycles. The molecule has 0 N–H and O–H groups in total. The van der Waals surface area contributed by atoms with Crippen LogP contribution in [-0.2, 0) is 10.8 Å². The van der Waals surface area contributed by atoms with Gasteiger partial charge < -0.3 is 4.74 Å². The van der Waals surface area contributed by atoms with E-state index in [1.165, 1.54) is 0 Å². The molecule has 128 valence electrons. The van der Waals surface area contributed by atoms with Gasteiger partial charge in [-0.1, -0.05) is 49.0 Å². The van der Waals surface area contributed by atoms with Crippen LogP contribution in [-0.4, -0.2) is 10.8 Å². The molecular formula is C21H20O2S2. The van der Waals surface area contributed by atoms with Gasteiger partial charge >= 0.3 is 0 Å². The molecule has 3 aromatic rings. The van der Waals surface area contributed by atoms with Crippen molar-refractivity contribution in [1.82, 2.24) is 0 Å². The molecule has 0 bridgehead atoms. The smallest absolute Gasteiger partial charge is 0.119 e. The average molecular weight is 369 g/mol. The van der Waals surface area contributed by atoms with E-state index < -0.39 is 10.8 Å². The van der Waals surface area contributed by atoms with Gasteiger partial charge in [-0.2, -0.15) is 0 Å². The third-order valence-corrected chi connectivity index (χ3v) is 6.20. The maximum Gasteiger partial charge on any atom is 0.119 e. The molecule has 1 atom stereocenters. The normalized spacial score (nSPS) is 11.9.